The number of carbonyl (C=O) groups is 3. The molecule has 0 radical (unpaired) electrons. The van der Waals surface area contributed by atoms with Crippen molar-refractivity contribution in [2.45, 2.75) is 27.2 Å². The smallest absolute Gasteiger partial charge is 0.340 e. The van der Waals surface area contributed by atoms with E-state index in [1.807, 2.05) is 38.1 Å². The number of esters is 1. The first-order chi connectivity index (χ1) is 13.9. The Bertz CT molecular complexity index is 1090. The zero-order valence-electron chi connectivity index (χ0n) is 16.6. The number of benzene rings is 2. The second kappa shape index (κ2) is 8.65. The Morgan fingerprint density at radius 3 is 2.38 bits per heavy atom. The summed E-state index contributed by atoms with van der Waals surface area (Å²) >= 11 is 0. The fourth-order valence-electron chi connectivity index (χ4n) is 3.16. The molecule has 0 bridgehead atoms. The molecular formula is C23H22N2O4. The van der Waals surface area contributed by atoms with Gasteiger partial charge in [0, 0.05) is 16.6 Å². The van der Waals surface area contributed by atoms with Crippen molar-refractivity contribution in [3.05, 3.63) is 70.9 Å². The molecule has 1 heterocycles. The maximum Gasteiger partial charge on any atom is 0.340 e. The van der Waals surface area contributed by atoms with Crippen LogP contribution >= 0.6 is 0 Å². The van der Waals surface area contributed by atoms with E-state index in [0.717, 1.165) is 16.5 Å². The molecule has 3 aromatic rings. The summed E-state index contributed by atoms with van der Waals surface area (Å²) < 4.78 is 5.25. The summed E-state index contributed by atoms with van der Waals surface area (Å²) in [6.45, 7) is 4.84. The van der Waals surface area contributed by atoms with Crippen LogP contribution in [0.2, 0.25) is 0 Å². The van der Waals surface area contributed by atoms with Gasteiger partial charge in [-0.15, -0.1) is 0 Å². The van der Waals surface area contributed by atoms with Crippen LogP contribution in [0.3, 0.4) is 0 Å². The number of fused-ring (bicyclic) bond motifs is 1. The average molecular weight is 390 g/mol. The molecule has 0 spiro atoms. The maximum atomic E-state index is 12.7. The lowest BCUT2D eigenvalue weighted by Crippen LogP contribution is -2.22. The molecule has 148 valence electrons. The molecule has 6 nitrogen and oxygen atoms in total. The number of carbonyl (C=O) groups excluding carboxylic acids is 3. The predicted molar refractivity (Wildman–Crippen MR) is 111 cm³/mol. The Balaban J connectivity index is 1.71. The first-order valence-corrected chi connectivity index (χ1v) is 9.37. The van der Waals surface area contributed by atoms with Crippen molar-refractivity contribution in [3.8, 4) is 0 Å². The highest BCUT2D eigenvalue weighted by Crippen LogP contribution is 2.24. The zero-order chi connectivity index (χ0) is 21.0. The lowest BCUT2D eigenvalue weighted by Gasteiger charge is -2.13. The number of amides is 1. The summed E-state index contributed by atoms with van der Waals surface area (Å²) in [5.41, 5.74) is 3.74. The third kappa shape index (κ3) is 4.48. The average Bonchev–Trinajstić information content (AvgIpc) is 2.72. The molecule has 0 saturated carbocycles. The van der Waals surface area contributed by atoms with E-state index in [9.17, 15) is 14.4 Å². The number of hydrogen-bond donors (Lipinski definition) is 1. The summed E-state index contributed by atoms with van der Waals surface area (Å²) in [6.07, 6.45) is 0.574. The van der Waals surface area contributed by atoms with Gasteiger partial charge in [0.15, 0.2) is 12.4 Å². The summed E-state index contributed by atoms with van der Waals surface area (Å²) in [4.78, 5) is 40.7. The van der Waals surface area contributed by atoms with Crippen LogP contribution in [0.1, 0.15) is 45.8 Å². The first-order valence-electron chi connectivity index (χ1n) is 9.37. The molecule has 0 aliphatic carbocycles. The van der Waals surface area contributed by atoms with E-state index in [-0.39, 0.29) is 5.78 Å². The van der Waals surface area contributed by atoms with Gasteiger partial charge in [0.25, 0.3) is 5.91 Å². The van der Waals surface area contributed by atoms with Crippen LogP contribution in [0.25, 0.3) is 10.9 Å². The van der Waals surface area contributed by atoms with Crippen LogP contribution in [0.4, 0.5) is 5.69 Å². The van der Waals surface area contributed by atoms with Gasteiger partial charge in [0.05, 0.1) is 16.8 Å². The highest BCUT2D eigenvalue weighted by atomic mass is 16.5. The van der Waals surface area contributed by atoms with Crippen molar-refractivity contribution in [2.24, 2.45) is 0 Å². The first kappa shape index (κ1) is 20.2. The van der Waals surface area contributed by atoms with Crippen molar-refractivity contribution >= 4 is 34.3 Å². The van der Waals surface area contributed by atoms with Gasteiger partial charge in [-0.3, -0.25) is 14.6 Å². The lowest BCUT2D eigenvalue weighted by molar-refractivity contribution is -0.119. The Labute approximate surface area is 168 Å². The molecular weight excluding hydrogens is 368 g/mol. The van der Waals surface area contributed by atoms with Gasteiger partial charge in [-0.1, -0.05) is 25.1 Å². The van der Waals surface area contributed by atoms with E-state index < -0.39 is 18.5 Å². The van der Waals surface area contributed by atoms with E-state index in [1.165, 1.54) is 6.92 Å². The van der Waals surface area contributed by atoms with Gasteiger partial charge >= 0.3 is 5.97 Å². The third-order valence-electron chi connectivity index (χ3n) is 4.68. The van der Waals surface area contributed by atoms with Gasteiger partial charge in [-0.05, 0) is 56.2 Å². The fourth-order valence-corrected chi connectivity index (χ4v) is 3.16. The summed E-state index contributed by atoms with van der Waals surface area (Å²) in [6, 6.07) is 14.1. The highest BCUT2D eigenvalue weighted by molar-refractivity contribution is 6.00. The molecule has 0 atom stereocenters. The molecule has 0 saturated heterocycles. The molecule has 1 amide bonds. The summed E-state index contributed by atoms with van der Waals surface area (Å²) in [5, 5.41) is 3.53. The molecule has 0 fully saturated rings. The largest absolute Gasteiger partial charge is 0.452 e. The van der Waals surface area contributed by atoms with Gasteiger partial charge in [-0.2, -0.15) is 0 Å². The molecule has 2 aromatic carbocycles. The molecule has 6 heteroatoms. The highest BCUT2D eigenvalue weighted by Gasteiger charge is 2.20. The van der Waals surface area contributed by atoms with E-state index in [2.05, 4.69) is 10.3 Å². The fraction of sp³-hybridized carbons (Fsp3) is 0.217. The number of ether oxygens (including phenoxy) is 1. The minimum Gasteiger partial charge on any atom is -0.452 e. The predicted octanol–water partition coefficient (Wildman–Crippen LogP) is 4.10. The van der Waals surface area contributed by atoms with Gasteiger partial charge in [-0.25, -0.2) is 4.79 Å². The Kier molecular flexibility index (Phi) is 6.02. The third-order valence-corrected chi connectivity index (χ3v) is 4.68. The van der Waals surface area contributed by atoms with Crippen LogP contribution in [-0.2, 0) is 16.0 Å². The van der Waals surface area contributed by atoms with Crippen molar-refractivity contribution in [1.82, 2.24) is 4.98 Å². The number of nitrogens with zero attached hydrogens (tertiary/aromatic N) is 1. The number of Topliss-reactive ketones (excluding diaryl/α,β-unsaturated/α-hetero) is 1. The van der Waals surface area contributed by atoms with E-state index in [1.54, 1.807) is 24.3 Å². The molecule has 0 aliphatic heterocycles. The van der Waals surface area contributed by atoms with Crippen molar-refractivity contribution in [2.75, 3.05) is 11.9 Å². The quantitative estimate of drug-likeness (QED) is 0.506. The number of nitrogens with one attached hydrogen (secondary N) is 1. The topological polar surface area (TPSA) is 85.4 Å². The number of anilines is 1. The van der Waals surface area contributed by atoms with E-state index in [0.29, 0.717) is 28.9 Å². The van der Waals surface area contributed by atoms with E-state index in [4.69, 9.17) is 4.74 Å². The number of hydrogen-bond acceptors (Lipinski definition) is 5. The molecule has 29 heavy (non-hydrogen) atoms. The van der Waals surface area contributed by atoms with Crippen LogP contribution < -0.4 is 5.32 Å². The monoisotopic (exact) mass is 390 g/mol. The van der Waals surface area contributed by atoms with Crippen LogP contribution in [0, 0.1) is 6.92 Å². The minimum absolute atomic E-state index is 0.0529. The Morgan fingerprint density at radius 2 is 1.72 bits per heavy atom. The Morgan fingerprint density at radius 1 is 1.03 bits per heavy atom. The van der Waals surface area contributed by atoms with E-state index >= 15 is 0 Å². The number of ketones is 1. The van der Waals surface area contributed by atoms with Crippen molar-refractivity contribution in [1.29, 1.82) is 0 Å². The lowest BCUT2D eigenvalue weighted by atomic mass is 10.0. The molecule has 0 aliphatic rings. The van der Waals surface area contributed by atoms with Crippen molar-refractivity contribution in [3.63, 3.8) is 0 Å². The second-order valence-electron chi connectivity index (χ2n) is 6.69. The normalized spacial score (nSPS) is 10.6. The second-order valence-corrected chi connectivity index (χ2v) is 6.69. The minimum atomic E-state index is -0.570. The molecule has 1 aromatic heterocycles. The van der Waals surface area contributed by atoms with Gasteiger partial charge in [0.2, 0.25) is 0 Å². The van der Waals surface area contributed by atoms with Gasteiger partial charge < -0.3 is 10.1 Å². The van der Waals surface area contributed by atoms with Crippen LogP contribution in [-0.4, -0.2) is 29.3 Å². The molecule has 3 rings (SSSR count). The van der Waals surface area contributed by atoms with Crippen LogP contribution in [0.5, 0.6) is 0 Å². The summed E-state index contributed by atoms with van der Waals surface area (Å²) in [5.74, 6) is -1.08. The molecule has 0 unspecified atom stereocenters. The Hall–Kier alpha value is -3.54. The number of pyridine rings is 1. The summed E-state index contributed by atoms with van der Waals surface area (Å²) in [7, 11) is 0. The molecule has 1 N–H and O–H groups in total. The number of aromatic nitrogens is 1. The van der Waals surface area contributed by atoms with Crippen LogP contribution in [0.15, 0.2) is 48.5 Å². The SMILES string of the molecule is CCc1nc2ccccc2c(C)c1C(=O)OCC(=O)Nc1ccc(C(C)=O)cc1. The van der Waals surface area contributed by atoms with Gasteiger partial charge in [0.1, 0.15) is 0 Å². The number of aryl methyl sites for hydroxylation is 2. The number of para-hydroxylation sites is 1. The number of rotatable bonds is 6. The van der Waals surface area contributed by atoms with Crippen molar-refractivity contribution < 1.29 is 19.1 Å². The zero-order valence-corrected chi connectivity index (χ0v) is 16.6. The standard InChI is InChI=1S/C23H22N2O4/c1-4-19-22(14(2)18-7-5-6-8-20(18)25-19)23(28)29-13-21(27)24-17-11-9-16(10-12-17)15(3)26/h5-12H,4,13H2,1-3H3,(H,24,27). The maximum absolute atomic E-state index is 12.7.